The lowest BCUT2D eigenvalue weighted by atomic mass is 10.0. The van der Waals surface area contributed by atoms with Crippen LogP contribution >= 0.6 is 0 Å². The van der Waals surface area contributed by atoms with Gasteiger partial charge in [0.1, 0.15) is 6.26 Å². The number of nitrogens with two attached hydrogens (primary N) is 1. The second-order valence-corrected chi connectivity index (χ2v) is 7.93. The van der Waals surface area contributed by atoms with Crippen molar-refractivity contribution in [3.63, 3.8) is 0 Å². The molecule has 0 bridgehead atoms. The molecule has 4 aromatic heterocycles. The number of aliphatic hydroxyl groups excluding tert-OH is 1. The fourth-order valence-corrected chi connectivity index (χ4v) is 3.70. The SMILES string of the molecule is CC(N)c1cccc(-c2cc(-c3nc(C(F)(F)F)co3)c3cnn(-c4cccc(CO)n4)c3c2)n1. The molecule has 178 valence electrons. The lowest BCUT2D eigenvalue weighted by Crippen LogP contribution is -2.07. The van der Waals surface area contributed by atoms with Crippen LogP contribution in [0.4, 0.5) is 13.2 Å². The number of hydrogen-bond donors (Lipinski definition) is 2. The molecule has 1 aromatic carbocycles. The van der Waals surface area contributed by atoms with Crippen LogP contribution in [0.15, 0.2) is 65.4 Å². The minimum absolute atomic E-state index is 0.204. The standard InChI is InChI=1S/C24H19F3N6O2/c1-13(28)18-5-3-6-19(31-18)14-8-16(23-32-21(12-35-23)24(25,26)27)17-10-29-33(20(17)9-14)22-7-2-4-15(11-34)30-22/h2-10,12-13,34H,11,28H2,1H3. The Morgan fingerprint density at radius 1 is 1.09 bits per heavy atom. The third-order valence-corrected chi connectivity index (χ3v) is 5.42. The first-order valence-corrected chi connectivity index (χ1v) is 10.6. The van der Waals surface area contributed by atoms with Gasteiger partial charge >= 0.3 is 6.18 Å². The molecule has 0 aliphatic rings. The minimum Gasteiger partial charge on any atom is -0.444 e. The fourth-order valence-electron chi connectivity index (χ4n) is 3.70. The summed E-state index contributed by atoms with van der Waals surface area (Å²) in [7, 11) is 0. The van der Waals surface area contributed by atoms with Gasteiger partial charge in [0.25, 0.3) is 0 Å². The number of hydrogen-bond acceptors (Lipinski definition) is 7. The molecule has 5 rings (SSSR count). The maximum absolute atomic E-state index is 13.2. The Morgan fingerprint density at radius 3 is 2.60 bits per heavy atom. The Morgan fingerprint density at radius 2 is 1.89 bits per heavy atom. The molecule has 0 aliphatic heterocycles. The van der Waals surface area contributed by atoms with Crippen LogP contribution in [-0.4, -0.2) is 29.8 Å². The summed E-state index contributed by atoms with van der Waals surface area (Å²) in [6, 6.07) is 13.6. The zero-order valence-electron chi connectivity index (χ0n) is 18.4. The summed E-state index contributed by atoms with van der Waals surface area (Å²) in [5.41, 5.74) is 7.97. The molecule has 0 saturated heterocycles. The molecule has 0 amide bonds. The third-order valence-electron chi connectivity index (χ3n) is 5.42. The topological polar surface area (TPSA) is 116 Å². The summed E-state index contributed by atoms with van der Waals surface area (Å²) < 4.78 is 46.4. The number of fused-ring (bicyclic) bond motifs is 1. The van der Waals surface area contributed by atoms with E-state index in [1.807, 2.05) is 0 Å². The van der Waals surface area contributed by atoms with Crippen molar-refractivity contribution in [2.75, 3.05) is 0 Å². The number of rotatable bonds is 5. The van der Waals surface area contributed by atoms with Crippen LogP contribution in [-0.2, 0) is 12.8 Å². The number of benzene rings is 1. The van der Waals surface area contributed by atoms with Gasteiger partial charge in [-0.1, -0.05) is 12.1 Å². The maximum Gasteiger partial charge on any atom is 0.436 e. The first-order chi connectivity index (χ1) is 16.7. The van der Waals surface area contributed by atoms with Gasteiger partial charge in [-0.15, -0.1) is 0 Å². The van der Waals surface area contributed by atoms with E-state index in [0.29, 0.717) is 51.2 Å². The van der Waals surface area contributed by atoms with Crippen LogP contribution in [0.1, 0.15) is 30.0 Å². The number of aliphatic hydroxyl groups is 1. The second-order valence-electron chi connectivity index (χ2n) is 7.93. The highest BCUT2D eigenvalue weighted by Crippen LogP contribution is 2.36. The van der Waals surface area contributed by atoms with Crippen molar-refractivity contribution in [2.45, 2.75) is 25.7 Å². The van der Waals surface area contributed by atoms with E-state index in [1.165, 1.54) is 10.9 Å². The lowest BCUT2D eigenvalue weighted by Gasteiger charge is -2.10. The van der Waals surface area contributed by atoms with E-state index in [1.54, 1.807) is 55.5 Å². The maximum atomic E-state index is 13.2. The molecular weight excluding hydrogens is 461 g/mol. The summed E-state index contributed by atoms with van der Waals surface area (Å²) in [6.45, 7) is 1.55. The number of oxazole rings is 1. The first-order valence-electron chi connectivity index (χ1n) is 10.6. The van der Waals surface area contributed by atoms with Crippen molar-refractivity contribution in [1.29, 1.82) is 0 Å². The second kappa shape index (κ2) is 8.60. The van der Waals surface area contributed by atoms with Gasteiger partial charge in [0.2, 0.25) is 5.89 Å². The molecule has 0 saturated carbocycles. The van der Waals surface area contributed by atoms with Crippen molar-refractivity contribution in [3.05, 3.63) is 78.1 Å². The van der Waals surface area contributed by atoms with E-state index in [9.17, 15) is 18.3 Å². The number of halogens is 3. The van der Waals surface area contributed by atoms with Crippen molar-refractivity contribution in [1.82, 2.24) is 24.7 Å². The summed E-state index contributed by atoms with van der Waals surface area (Å²) in [4.78, 5) is 12.7. The number of alkyl halides is 3. The fraction of sp³-hybridized carbons (Fsp3) is 0.167. The van der Waals surface area contributed by atoms with Crippen LogP contribution in [0.3, 0.4) is 0 Å². The highest BCUT2D eigenvalue weighted by molar-refractivity contribution is 5.96. The van der Waals surface area contributed by atoms with Crippen LogP contribution < -0.4 is 5.73 Å². The predicted molar refractivity (Wildman–Crippen MR) is 121 cm³/mol. The molecule has 35 heavy (non-hydrogen) atoms. The molecule has 4 heterocycles. The monoisotopic (exact) mass is 480 g/mol. The molecule has 5 aromatic rings. The smallest absolute Gasteiger partial charge is 0.436 e. The van der Waals surface area contributed by atoms with Gasteiger partial charge in [-0.25, -0.2) is 14.6 Å². The van der Waals surface area contributed by atoms with Crippen molar-refractivity contribution in [3.8, 4) is 28.5 Å². The number of nitrogens with zero attached hydrogens (tertiary/aromatic N) is 5. The summed E-state index contributed by atoms with van der Waals surface area (Å²) in [6.07, 6.45) is -2.56. The van der Waals surface area contributed by atoms with Gasteiger partial charge in [-0.3, -0.25) is 4.98 Å². The van der Waals surface area contributed by atoms with Gasteiger partial charge in [-0.2, -0.15) is 18.3 Å². The molecule has 0 radical (unpaired) electrons. The van der Waals surface area contributed by atoms with Gasteiger partial charge < -0.3 is 15.3 Å². The average molecular weight is 480 g/mol. The normalized spacial score (nSPS) is 12.9. The highest BCUT2D eigenvalue weighted by atomic mass is 19.4. The van der Waals surface area contributed by atoms with E-state index in [-0.39, 0.29) is 18.5 Å². The van der Waals surface area contributed by atoms with E-state index in [0.717, 1.165) is 0 Å². The van der Waals surface area contributed by atoms with Gasteiger partial charge in [0.15, 0.2) is 11.5 Å². The molecule has 8 nitrogen and oxygen atoms in total. The van der Waals surface area contributed by atoms with E-state index < -0.39 is 11.9 Å². The van der Waals surface area contributed by atoms with Crippen molar-refractivity contribution < 1.29 is 22.7 Å². The first kappa shape index (κ1) is 22.7. The lowest BCUT2D eigenvalue weighted by molar-refractivity contribution is -0.141. The van der Waals surface area contributed by atoms with Gasteiger partial charge in [-0.05, 0) is 43.3 Å². The Bertz CT molecular complexity index is 1520. The van der Waals surface area contributed by atoms with E-state index in [2.05, 4.69) is 20.1 Å². The Hall–Kier alpha value is -4.09. The predicted octanol–water partition coefficient (Wildman–Crippen LogP) is 4.67. The van der Waals surface area contributed by atoms with Crippen LogP contribution in [0.25, 0.3) is 39.4 Å². The summed E-state index contributed by atoms with van der Waals surface area (Å²) in [5.74, 6) is 0.222. The highest BCUT2D eigenvalue weighted by Gasteiger charge is 2.35. The molecule has 0 fully saturated rings. The minimum atomic E-state index is -4.65. The third kappa shape index (κ3) is 4.27. The Labute approximate surface area is 196 Å². The van der Waals surface area contributed by atoms with E-state index in [4.69, 9.17) is 10.2 Å². The largest absolute Gasteiger partial charge is 0.444 e. The molecule has 3 N–H and O–H groups in total. The quantitative estimate of drug-likeness (QED) is 0.376. The summed E-state index contributed by atoms with van der Waals surface area (Å²) in [5, 5.41) is 14.4. The number of pyridine rings is 2. The molecular formula is C24H19F3N6O2. The van der Waals surface area contributed by atoms with Crippen LogP contribution in [0.2, 0.25) is 0 Å². The molecule has 0 aliphatic carbocycles. The van der Waals surface area contributed by atoms with Gasteiger partial charge in [0, 0.05) is 22.6 Å². The van der Waals surface area contributed by atoms with Crippen LogP contribution in [0, 0.1) is 0 Å². The van der Waals surface area contributed by atoms with Gasteiger partial charge in [0.05, 0.1) is 35.4 Å². The van der Waals surface area contributed by atoms with Crippen molar-refractivity contribution >= 4 is 10.9 Å². The zero-order valence-corrected chi connectivity index (χ0v) is 18.4. The Kier molecular flexibility index (Phi) is 5.58. The average Bonchev–Trinajstić information content (AvgIpc) is 3.51. The molecule has 11 heteroatoms. The van der Waals surface area contributed by atoms with Crippen molar-refractivity contribution in [2.24, 2.45) is 5.73 Å². The molecule has 1 unspecified atom stereocenters. The van der Waals surface area contributed by atoms with E-state index >= 15 is 0 Å². The summed E-state index contributed by atoms with van der Waals surface area (Å²) >= 11 is 0. The number of aromatic nitrogens is 5. The zero-order chi connectivity index (χ0) is 24.7. The Balaban J connectivity index is 1.76. The molecule has 1 atom stereocenters. The molecule has 0 spiro atoms. The van der Waals surface area contributed by atoms with Crippen LogP contribution in [0.5, 0.6) is 0 Å².